The van der Waals surface area contributed by atoms with Gasteiger partial charge < -0.3 is 5.11 Å². The number of aliphatic hydroxyl groups excluding tert-OH is 1. The minimum absolute atomic E-state index is 0.363. The molecule has 3 saturated carbocycles. The van der Waals surface area contributed by atoms with Crippen LogP contribution in [0.3, 0.4) is 0 Å². The molecular weight excluding hydrogens is 352 g/mol. The molecule has 1 heteroatoms. The summed E-state index contributed by atoms with van der Waals surface area (Å²) in [6.45, 7) is 8.05. The number of allylic oxidation sites excluding steroid dienone is 2. The maximum Gasteiger partial charge on any atom is 0.0431 e. The fourth-order valence-corrected chi connectivity index (χ4v) is 6.66. The van der Waals surface area contributed by atoms with Crippen LogP contribution in [0.1, 0.15) is 136 Å². The first kappa shape index (κ1) is 25.0. The molecule has 0 amide bonds. The summed E-state index contributed by atoms with van der Waals surface area (Å²) in [5.74, 6) is 1.99. The van der Waals surface area contributed by atoms with E-state index in [4.69, 9.17) is 5.11 Å². The van der Waals surface area contributed by atoms with E-state index in [1.165, 1.54) is 109 Å². The lowest BCUT2D eigenvalue weighted by molar-refractivity contribution is -0.199. The number of rotatable bonds is 17. The average Bonchev–Trinajstić information content (AvgIpc) is 2.71. The Labute approximate surface area is 183 Å². The van der Waals surface area contributed by atoms with E-state index in [0.717, 1.165) is 18.3 Å². The summed E-state index contributed by atoms with van der Waals surface area (Å²) in [4.78, 5) is 0. The molecule has 3 fully saturated rings. The SMILES string of the molecule is CC1CCC2CC1(CCCCCCCC/C=C\CCCCCCCCO)C2(C)C. The molecule has 0 aromatic rings. The zero-order chi connectivity index (χ0) is 21.0. The Balaban J connectivity index is 1.37. The predicted molar refractivity (Wildman–Crippen MR) is 128 cm³/mol. The molecule has 3 unspecified atom stereocenters. The van der Waals surface area contributed by atoms with E-state index in [1.807, 2.05) is 0 Å². The van der Waals surface area contributed by atoms with Gasteiger partial charge in [0.05, 0.1) is 0 Å². The van der Waals surface area contributed by atoms with Crippen LogP contribution >= 0.6 is 0 Å². The Morgan fingerprint density at radius 2 is 1.24 bits per heavy atom. The molecule has 0 radical (unpaired) electrons. The largest absolute Gasteiger partial charge is 0.396 e. The predicted octanol–water partition coefficient (Wildman–Crippen LogP) is 8.85. The Morgan fingerprint density at radius 3 is 1.76 bits per heavy atom. The summed E-state index contributed by atoms with van der Waals surface area (Å²) in [6, 6.07) is 0. The van der Waals surface area contributed by atoms with Crippen LogP contribution in [-0.2, 0) is 0 Å². The van der Waals surface area contributed by atoms with Gasteiger partial charge in [0.2, 0.25) is 0 Å². The van der Waals surface area contributed by atoms with Crippen molar-refractivity contribution in [1.29, 1.82) is 0 Å². The molecule has 0 spiro atoms. The highest BCUT2D eigenvalue weighted by Crippen LogP contribution is 2.71. The van der Waals surface area contributed by atoms with Crippen molar-refractivity contribution in [3.8, 4) is 0 Å². The Bertz CT molecular complexity index is 451. The maximum absolute atomic E-state index is 8.76. The number of hydrogen-bond acceptors (Lipinski definition) is 1. The molecule has 0 aromatic carbocycles. The summed E-state index contributed by atoms with van der Waals surface area (Å²) in [6.07, 6.45) is 29.5. The first-order valence-electron chi connectivity index (χ1n) is 13.3. The third-order valence-corrected chi connectivity index (χ3v) is 9.00. The van der Waals surface area contributed by atoms with Crippen LogP contribution in [0.25, 0.3) is 0 Å². The second-order valence-electron chi connectivity index (χ2n) is 11.0. The van der Waals surface area contributed by atoms with Gasteiger partial charge in [-0.05, 0) is 80.5 Å². The van der Waals surface area contributed by atoms with Crippen molar-refractivity contribution in [1.82, 2.24) is 0 Å². The summed E-state index contributed by atoms with van der Waals surface area (Å²) in [5.41, 5.74) is 1.32. The van der Waals surface area contributed by atoms with Gasteiger partial charge in [-0.25, -0.2) is 0 Å². The van der Waals surface area contributed by atoms with E-state index < -0.39 is 0 Å². The van der Waals surface area contributed by atoms with Gasteiger partial charge in [0.1, 0.15) is 0 Å². The molecule has 3 atom stereocenters. The van der Waals surface area contributed by atoms with Crippen molar-refractivity contribution in [3.05, 3.63) is 12.2 Å². The van der Waals surface area contributed by atoms with Gasteiger partial charge in [0, 0.05) is 6.61 Å². The molecule has 1 N–H and O–H groups in total. The van der Waals surface area contributed by atoms with Gasteiger partial charge in [-0.1, -0.05) is 90.7 Å². The summed E-state index contributed by atoms with van der Waals surface area (Å²) < 4.78 is 0. The Morgan fingerprint density at radius 1 is 0.724 bits per heavy atom. The first-order valence-corrected chi connectivity index (χ1v) is 13.3. The molecule has 1 nitrogen and oxygen atoms in total. The molecular formula is C28H52O. The number of fused-ring (bicyclic) bond motifs is 2. The molecule has 0 heterocycles. The van der Waals surface area contributed by atoms with Crippen LogP contribution in [-0.4, -0.2) is 11.7 Å². The highest BCUT2D eigenvalue weighted by molar-refractivity contribution is 5.12. The third-order valence-electron chi connectivity index (χ3n) is 9.00. The van der Waals surface area contributed by atoms with E-state index in [0.29, 0.717) is 17.4 Å². The first-order chi connectivity index (χ1) is 14.0. The Hall–Kier alpha value is -0.300. The van der Waals surface area contributed by atoms with Crippen LogP contribution in [0.2, 0.25) is 0 Å². The van der Waals surface area contributed by atoms with E-state index in [1.54, 1.807) is 0 Å². The Kier molecular flexibility index (Phi) is 11.4. The molecule has 170 valence electrons. The van der Waals surface area contributed by atoms with E-state index >= 15 is 0 Å². The van der Waals surface area contributed by atoms with Gasteiger partial charge in [0.15, 0.2) is 0 Å². The highest BCUT2D eigenvalue weighted by Gasteiger charge is 2.63. The van der Waals surface area contributed by atoms with E-state index in [-0.39, 0.29) is 0 Å². The monoisotopic (exact) mass is 404 g/mol. The van der Waals surface area contributed by atoms with Crippen LogP contribution in [0.4, 0.5) is 0 Å². The van der Waals surface area contributed by atoms with Gasteiger partial charge in [-0.2, -0.15) is 0 Å². The topological polar surface area (TPSA) is 20.2 Å². The van der Waals surface area contributed by atoms with Crippen molar-refractivity contribution in [2.45, 2.75) is 136 Å². The molecule has 29 heavy (non-hydrogen) atoms. The molecule has 0 saturated heterocycles. The van der Waals surface area contributed by atoms with Crippen molar-refractivity contribution in [2.75, 3.05) is 6.61 Å². The molecule has 3 aliphatic carbocycles. The van der Waals surface area contributed by atoms with Gasteiger partial charge in [-0.3, -0.25) is 0 Å². The molecule has 3 rings (SSSR count). The van der Waals surface area contributed by atoms with Gasteiger partial charge in [0.25, 0.3) is 0 Å². The molecule has 3 aliphatic rings. The minimum Gasteiger partial charge on any atom is -0.396 e. The van der Waals surface area contributed by atoms with Gasteiger partial charge >= 0.3 is 0 Å². The number of aliphatic hydroxyl groups is 1. The summed E-state index contributed by atoms with van der Waals surface area (Å²) in [5, 5.41) is 8.76. The second kappa shape index (κ2) is 13.2. The number of unbranched alkanes of at least 4 members (excludes halogenated alkanes) is 12. The fourth-order valence-electron chi connectivity index (χ4n) is 6.66. The second-order valence-corrected chi connectivity index (χ2v) is 11.0. The average molecular weight is 405 g/mol. The minimum atomic E-state index is 0.363. The van der Waals surface area contributed by atoms with E-state index in [9.17, 15) is 0 Å². The molecule has 0 aromatic heterocycles. The number of hydrogen-bond donors (Lipinski definition) is 1. The standard InChI is InChI=1S/C28H52O/c1-25-20-21-26-24-28(25,27(26,2)3)22-18-16-14-12-10-8-6-4-5-7-9-11-13-15-17-19-23-29/h4-5,25-26,29H,6-24H2,1-3H3/b5-4-. The quantitative estimate of drug-likeness (QED) is 0.189. The van der Waals surface area contributed by atoms with Crippen LogP contribution in [0, 0.1) is 22.7 Å². The third kappa shape index (κ3) is 7.12. The molecule has 0 aliphatic heterocycles. The highest BCUT2D eigenvalue weighted by atomic mass is 16.2. The van der Waals surface area contributed by atoms with Crippen molar-refractivity contribution in [3.63, 3.8) is 0 Å². The maximum atomic E-state index is 8.76. The summed E-state index contributed by atoms with van der Waals surface area (Å²) >= 11 is 0. The summed E-state index contributed by atoms with van der Waals surface area (Å²) in [7, 11) is 0. The van der Waals surface area contributed by atoms with Gasteiger partial charge in [-0.15, -0.1) is 0 Å². The zero-order valence-electron chi connectivity index (χ0n) is 20.2. The lowest BCUT2D eigenvalue weighted by Crippen LogP contribution is -2.61. The lowest BCUT2D eigenvalue weighted by atomic mass is 9.36. The van der Waals surface area contributed by atoms with Crippen LogP contribution in [0.15, 0.2) is 12.2 Å². The molecule has 2 bridgehead atoms. The smallest absolute Gasteiger partial charge is 0.0431 e. The normalized spacial score (nSPS) is 28.0. The fraction of sp³-hybridized carbons (Fsp3) is 0.929. The lowest BCUT2D eigenvalue weighted by Gasteiger charge is -2.69. The zero-order valence-corrected chi connectivity index (χ0v) is 20.2. The van der Waals surface area contributed by atoms with Crippen LogP contribution < -0.4 is 0 Å². The van der Waals surface area contributed by atoms with Crippen molar-refractivity contribution < 1.29 is 5.11 Å². The van der Waals surface area contributed by atoms with E-state index in [2.05, 4.69) is 32.9 Å². The van der Waals surface area contributed by atoms with Crippen molar-refractivity contribution in [2.24, 2.45) is 22.7 Å². The van der Waals surface area contributed by atoms with Crippen LogP contribution in [0.5, 0.6) is 0 Å². The van der Waals surface area contributed by atoms with Crippen molar-refractivity contribution >= 4 is 0 Å².